The summed E-state index contributed by atoms with van der Waals surface area (Å²) in [5.74, 6) is 1.85. The molecular weight excluding hydrogens is 314 g/mol. The van der Waals surface area contributed by atoms with Crippen LogP contribution in [0.4, 0.5) is 0 Å². The zero-order chi connectivity index (χ0) is 13.9. The highest BCUT2D eigenvalue weighted by molar-refractivity contribution is 9.10. The van der Waals surface area contributed by atoms with Crippen LogP contribution in [0.25, 0.3) is 0 Å². The van der Waals surface area contributed by atoms with Crippen molar-refractivity contribution < 1.29 is 4.74 Å². The summed E-state index contributed by atoms with van der Waals surface area (Å²) in [6, 6.07) is 6.88. The van der Waals surface area contributed by atoms with E-state index in [2.05, 4.69) is 46.4 Å². The van der Waals surface area contributed by atoms with Crippen molar-refractivity contribution in [2.24, 2.45) is 5.92 Å². The van der Waals surface area contributed by atoms with Crippen LogP contribution in [0.1, 0.15) is 57.1 Å². The van der Waals surface area contributed by atoms with E-state index in [-0.39, 0.29) is 0 Å². The average Bonchev–Trinajstić information content (AvgIpc) is 2.99. The predicted octanol–water partition coefficient (Wildman–Crippen LogP) is 4.83. The molecule has 2 atom stereocenters. The van der Waals surface area contributed by atoms with Crippen molar-refractivity contribution in [3.63, 3.8) is 0 Å². The first-order valence-electron chi connectivity index (χ1n) is 7.97. The van der Waals surface area contributed by atoms with Gasteiger partial charge >= 0.3 is 0 Å². The molecule has 1 aromatic rings. The van der Waals surface area contributed by atoms with Crippen LogP contribution in [-0.4, -0.2) is 12.6 Å². The molecule has 0 radical (unpaired) electrons. The molecule has 1 aliphatic carbocycles. The Morgan fingerprint density at radius 2 is 2.10 bits per heavy atom. The van der Waals surface area contributed by atoms with Crippen molar-refractivity contribution in [3.05, 3.63) is 28.2 Å². The van der Waals surface area contributed by atoms with E-state index in [1.165, 1.54) is 37.7 Å². The molecule has 0 saturated heterocycles. The molecule has 1 aromatic carbocycles. The van der Waals surface area contributed by atoms with Gasteiger partial charge in [-0.1, -0.05) is 35.7 Å². The number of fused-ring (bicyclic) bond motifs is 1. The minimum Gasteiger partial charge on any atom is -0.490 e. The molecule has 0 aromatic heterocycles. The summed E-state index contributed by atoms with van der Waals surface area (Å²) < 4.78 is 7.46. The molecule has 0 spiro atoms. The fourth-order valence-electron chi connectivity index (χ4n) is 3.60. The Labute approximate surface area is 130 Å². The molecule has 3 rings (SSSR count). The minimum absolute atomic E-state index is 0.403. The lowest BCUT2D eigenvalue weighted by molar-refractivity contribution is 0.0947. The monoisotopic (exact) mass is 337 g/mol. The normalized spacial score (nSPS) is 26.3. The summed E-state index contributed by atoms with van der Waals surface area (Å²) >= 11 is 3.58. The highest BCUT2D eigenvalue weighted by atomic mass is 79.9. The van der Waals surface area contributed by atoms with Crippen LogP contribution in [-0.2, 0) is 0 Å². The number of rotatable bonds is 4. The Morgan fingerprint density at radius 3 is 2.85 bits per heavy atom. The summed E-state index contributed by atoms with van der Waals surface area (Å²) in [5, 5.41) is 3.71. The lowest BCUT2D eigenvalue weighted by Gasteiger charge is -2.36. The fourth-order valence-corrected chi connectivity index (χ4v) is 3.98. The van der Waals surface area contributed by atoms with Gasteiger partial charge < -0.3 is 10.1 Å². The maximum absolute atomic E-state index is 6.32. The standard InChI is InChI=1S/C17H24BrNO/c1-2-9-19-15-11-17(12-5-3-4-6-12)20-16-8-7-13(18)10-14(15)16/h7-8,10,12,15,17,19H,2-6,9,11H2,1H3. The second kappa shape index (κ2) is 6.48. The van der Waals surface area contributed by atoms with Crippen molar-refractivity contribution in [3.8, 4) is 5.75 Å². The fraction of sp³-hybridized carbons (Fsp3) is 0.647. The minimum atomic E-state index is 0.403. The van der Waals surface area contributed by atoms with Gasteiger partial charge in [0, 0.05) is 22.5 Å². The third kappa shape index (κ3) is 3.04. The molecule has 3 heteroatoms. The molecule has 1 saturated carbocycles. The van der Waals surface area contributed by atoms with Crippen molar-refractivity contribution in [2.75, 3.05) is 6.54 Å². The molecule has 110 valence electrons. The van der Waals surface area contributed by atoms with E-state index in [4.69, 9.17) is 4.74 Å². The van der Waals surface area contributed by atoms with E-state index >= 15 is 0 Å². The third-order valence-electron chi connectivity index (χ3n) is 4.66. The molecule has 0 amide bonds. The maximum atomic E-state index is 6.32. The van der Waals surface area contributed by atoms with Gasteiger partial charge in [0.05, 0.1) is 0 Å². The first-order chi connectivity index (χ1) is 9.78. The third-order valence-corrected chi connectivity index (χ3v) is 5.15. The van der Waals surface area contributed by atoms with Crippen LogP contribution in [0.15, 0.2) is 22.7 Å². The number of hydrogen-bond donors (Lipinski definition) is 1. The largest absolute Gasteiger partial charge is 0.490 e. The van der Waals surface area contributed by atoms with E-state index in [9.17, 15) is 0 Å². The number of halogens is 1. The second-order valence-corrected chi connectivity index (χ2v) is 7.04. The van der Waals surface area contributed by atoms with Gasteiger partial charge in [-0.15, -0.1) is 0 Å². The van der Waals surface area contributed by atoms with Crippen LogP contribution < -0.4 is 10.1 Å². The van der Waals surface area contributed by atoms with Crippen LogP contribution in [0.5, 0.6) is 5.75 Å². The lowest BCUT2D eigenvalue weighted by atomic mass is 9.89. The van der Waals surface area contributed by atoms with E-state index in [0.29, 0.717) is 12.1 Å². The summed E-state index contributed by atoms with van der Waals surface area (Å²) in [7, 11) is 0. The molecule has 2 unspecified atom stereocenters. The SMILES string of the molecule is CCCNC1CC(C2CCCC2)Oc2ccc(Br)cc21. The molecule has 0 bridgehead atoms. The van der Waals surface area contributed by atoms with Gasteiger partial charge in [0.15, 0.2) is 0 Å². The van der Waals surface area contributed by atoms with Gasteiger partial charge in [0.25, 0.3) is 0 Å². The summed E-state index contributed by atoms with van der Waals surface area (Å²) in [6.45, 7) is 3.30. The maximum Gasteiger partial charge on any atom is 0.124 e. The molecular formula is C17H24BrNO. The zero-order valence-electron chi connectivity index (χ0n) is 12.2. The molecule has 1 heterocycles. The van der Waals surface area contributed by atoms with E-state index in [1.807, 2.05) is 0 Å². The number of nitrogens with one attached hydrogen (secondary N) is 1. The number of hydrogen-bond acceptors (Lipinski definition) is 2. The Bertz CT molecular complexity index is 456. The van der Waals surface area contributed by atoms with Gasteiger partial charge in [-0.3, -0.25) is 0 Å². The summed E-state index contributed by atoms with van der Waals surface area (Å²) in [4.78, 5) is 0. The highest BCUT2D eigenvalue weighted by Gasteiger charge is 2.34. The van der Waals surface area contributed by atoms with Crippen LogP contribution in [0.2, 0.25) is 0 Å². The Balaban J connectivity index is 1.82. The first kappa shape index (κ1) is 14.4. The van der Waals surface area contributed by atoms with Gasteiger partial charge in [-0.05, 0) is 49.9 Å². The second-order valence-electron chi connectivity index (χ2n) is 6.13. The Hall–Kier alpha value is -0.540. The topological polar surface area (TPSA) is 21.3 Å². The van der Waals surface area contributed by atoms with Crippen LogP contribution in [0, 0.1) is 5.92 Å². The Morgan fingerprint density at radius 1 is 1.30 bits per heavy atom. The number of benzene rings is 1. The molecule has 1 fully saturated rings. The van der Waals surface area contributed by atoms with Gasteiger partial charge in [-0.2, -0.15) is 0 Å². The van der Waals surface area contributed by atoms with Crippen LogP contribution in [0.3, 0.4) is 0 Å². The van der Waals surface area contributed by atoms with Gasteiger partial charge in [0.1, 0.15) is 11.9 Å². The highest BCUT2D eigenvalue weighted by Crippen LogP contribution is 2.41. The van der Waals surface area contributed by atoms with Crippen LogP contribution >= 0.6 is 15.9 Å². The Kier molecular flexibility index (Phi) is 4.67. The van der Waals surface area contributed by atoms with E-state index < -0.39 is 0 Å². The summed E-state index contributed by atoms with van der Waals surface area (Å²) in [6.07, 6.45) is 8.15. The van der Waals surface area contributed by atoms with Gasteiger partial charge in [-0.25, -0.2) is 0 Å². The number of ether oxygens (including phenoxy) is 1. The smallest absolute Gasteiger partial charge is 0.124 e. The van der Waals surface area contributed by atoms with E-state index in [0.717, 1.165) is 29.1 Å². The first-order valence-corrected chi connectivity index (χ1v) is 8.76. The predicted molar refractivity (Wildman–Crippen MR) is 86.2 cm³/mol. The average molecular weight is 338 g/mol. The molecule has 1 aliphatic heterocycles. The lowest BCUT2D eigenvalue weighted by Crippen LogP contribution is -2.37. The van der Waals surface area contributed by atoms with Crippen molar-refractivity contribution >= 4 is 15.9 Å². The zero-order valence-corrected chi connectivity index (χ0v) is 13.8. The van der Waals surface area contributed by atoms with Crippen molar-refractivity contribution in [2.45, 2.75) is 57.6 Å². The molecule has 1 N–H and O–H groups in total. The summed E-state index contributed by atoms with van der Waals surface area (Å²) in [5.41, 5.74) is 1.32. The van der Waals surface area contributed by atoms with Crippen molar-refractivity contribution in [1.29, 1.82) is 0 Å². The quantitative estimate of drug-likeness (QED) is 0.849. The molecule has 20 heavy (non-hydrogen) atoms. The van der Waals surface area contributed by atoms with Gasteiger partial charge in [0.2, 0.25) is 0 Å². The molecule has 2 aliphatic rings. The van der Waals surface area contributed by atoms with Crippen molar-refractivity contribution in [1.82, 2.24) is 5.32 Å². The van der Waals surface area contributed by atoms with E-state index in [1.54, 1.807) is 0 Å². The molecule has 2 nitrogen and oxygen atoms in total.